The van der Waals surface area contributed by atoms with Crippen LogP contribution in [-0.2, 0) is 10.2 Å². The number of likely N-dealkylation sites (tertiary alicyclic amines) is 1. The van der Waals surface area contributed by atoms with Crippen LogP contribution in [-0.4, -0.2) is 57.2 Å². The molecule has 2 aliphatic rings. The van der Waals surface area contributed by atoms with E-state index in [1.807, 2.05) is 0 Å². The van der Waals surface area contributed by atoms with Gasteiger partial charge in [-0.1, -0.05) is 5.16 Å². The zero-order chi connectivity index (χ0) is 15.2. The van der Waals surface area contributed by atoms with E-state index in [-0.39, 0.29) is 11.8 Å². The van der Waals surface area contributed by atoms with E-state index in [0.29, 0.717) is 43.7 Å². The number of nitrogens with zero attached hydrogens (tertiary/aromatic N) is 5. The number of carbonyl (C=O) groups is 1. The summed E-state index contributed by atoms with van der Waals surface area (Å²) in [5, 5.41) is 3.88. The predicted molar refractivity (Wildman–Crippen MR) is 73.0 cm³/mol. The normalized spacial score (nSPS) is 27.1. The molecule has 0 unspecified atom stereocenters. The molecule has 2 fully saturated rings. The Balaban J connectivity index is 1.64. The van der Waals surface area contributed by atoms with Gasteiger partial charge in [0.15, 0.2) is 5.82 Å². The summed E-state index contributed by atoms with van der Waals surface area (Å²) >= 11 is 0. The number of amides is 1. The van der Waals surface area contributed by atoms with Gasteiger partial charge in [-0.3, -0.25) is 9.78 Å². The van der Waals surface area contributed by atoms with E-state index in [1.54, 1.807) is 18.0 Å². The van der Waals surface area contributed by atoms with Crippen LogP contribution in [0.4, 0.5) is 0 Å². The second-order valence-corrected chi connectivity index (χ2v) is 5.79. The number of carbonyl (C=O) groups excluding carboxylic acids is 1. The van der Waals surface area contributed by atoms with Gasteiger partial charge in [0.2, 0.25) is 5.89 Å². The zero-order valence-electron chi connectivity index (χ0n) is 12.1. The lowest BCUT2D eigenvalue weighted by atomic mass is 9.81. The third-order valence-electron chi connectivity index (χ3n) is 4.40. The Morgan fingerprint density at radius 3 is 3.09 bits per heavy atom. The quantitative estimate of drug-likeness (QED) is 0.782. The first-order valence-corrected chi connectivity index (χ1v) is 7.13. The standard InChI is InChI=1S/C14H15N5O3/c1-9-17-13(22-18-9)14-7-19(5-10(14)6-21-8-14)12(20)11-4-15-2-3-16-11/h2-4,10H,5-8H2,1H3/t10-,14-/m1/s1. The van der Waals surface area contributed by atoms with Crippen molar-refractivity contribution >= 4 is 5.91 Å². The van der Waals surface area contributed by atoms with Crippen LogP contribution in [0.5, 0.6) is 0 Å². The highest BCUT2D eigenvalue weighted by molar-refractivity contribution is 5.92. The molecule has 1 amide bonds. The summed E-state index contributed by atoms with van der Waals surface area (Å²) in [6.45, 7) is 3.95. The third kappa shape index (κ3) is 1.91. The lowest BCUT2D eigenvalue weighted by molar-refractivity contribution is 0.0730. The summed E-state index contributed by atoms with van der Waals surface area (Å²) in [6, 6.07) is 0. The Hall–Kier alpha value is -2.35. The maximum atomic E-state index is 12.6. The fourth-order valence-electron chi connectivity index (χ4n) is 3.26. The molecule has 8 heteroatoms. The van der Waals surface area contributed by atoms with Gasteiger partial charge in [0.05, 0.1) is 24.8 Å². The summed E-state index contributed by atoms with van der Waals surface area (Å²) in [7, 11) is 0. The summed E-state index contributed by atoms with van der Waals surface area (Å²) in [5.41, 5.74) is -0.0562. The van der Waals surface area contributed by atoms with E-state index in [9.17, 15) is 4.79 Å². The van der Waals surface area contributed by atoms with E-state index < -0.39 is 5.41 Å². The van der Waals surface area contributed by atoms with E-state index in [1.165, 1.54) is 12.4 Å². The molecule has 2 saturated heterocycles. The van der Waals surface area contributed by atoms with Crippen molar-refractivity contribution in [1.82, 2.24) is 25.0 Å². The molecular weight excluding hydrogens is 286 g/mol. The summed E-state index contributed by atoms with van der Waals surface area (Å²) in [5.74, 6) is 1.18. The van der Waals surface area contributed by atoms with Crippen LogP contribution >= 0.6 is 0 Å². The van der Waals surface area contributed by atoms with Crippen LogP contribution in [0.3, 0.4) is 0 Å². The Morgan fingerprint density at radius 1 is 1.45 bits per heavy atom. The minimum atomic E-state index is -0.404. The Kier molecular flexibility index (Phi) is 2.93. The molecule has 2 aliphatic heterocycles. The van der Waals surface area contributed by atoms with Gasteiger partial charge in [0.1, 0.15) is 5.69 Å². The van der Waals surface area contributed by atoms with Gasteiger partial charge in [-0.15, -0.1) is 0 Å². The fourth-order valence-corrected chi connectivity index (χ4v) is 3.26. The van der Waals surface area contributed by atoms with Crippen LogP contribution in [0.25, 0.3) is 0 Å². The van der Waals surface area contributed by atoms with Gasteiger partial charge in [-0.25, -0.2) is 4.98 Å². The van der Waals surface area contributed by atoms with Crippen LogP contribution < -0.4 is 0 Å². The number of aromatic nitrogens is 4. The molecule has 2 aromatic heterocycles. The van der Waals surface area contributed by atoms with Gasteiger partial charge >= 0.3 is 0 Å². The molecule has 22 heavy (non-hydrogen) atoms. The summed E-state index contributed by atoms with van der Waals surface area (Å²) in [6.07, 6.45) is 4.55. The number of hydrogen-bond donors (Lipinski definition) is 0. The maximum absolute atomic E-state index is 12.6. The van der Waals surface area contributed by atoms with Crippen molar-refractivity contribution in [3.63, 3.8) is 0 Å². The second kappa shape index (κ2) is 4.84. The lowest BCUT2D eigenvalue weighted by Gasteiger charge is -2.22. The van der Waals surface area contributed by atoms with Crippen molar-refractivity contribution in [2.75, 3.05) is 26.3 Å². The van der Waals surface area contributed by atoms with Crippen LogP contribution in [0.2, 0.25) is 0 Å². The van der Waals surface area contributed by atoms with Gasteiger partial charge < -0.3 is 14.2 Å². The van der Waals surface area contributed by atoms with Gasteiger partial charge in [0.25, 0.3) is 5.91 Å². The minimum absolute atomic E-state index is 0.127. The summed E-state index contributed by atoms with van der Waals surface area (Å²) < 4.78 is 11.0. The third-order valence-corrected chi connectivity index (χ3v) is 4.40. The zero-order valence-corrected chi connectivity index (χ0v) is 12.1. The first kappa shape index (κ1) is 13.3. The molecule has 0 bridgehead atoms. The number of aryl methyl sites for hydroxylation is 1. The molecule has 2 aromatic rings. The number of fused-ring (bicyclic) bond motifs is 1. The molecule has 114 valence electrons. The van der Waals surface area contributed by atoms with Crippen molar-refractivity contribution in [3.8, 4) is 0 Å². The maximum Gasteiger partial charge on any atom is 0.274 e. The van der Waals surface area contributed by atoms with Crippen molar-refractivity contribution in [2.24, 2.45) is 5.92 Å². The predicted octanol–water partition coefficient (Wildman–Crippen LogP) is 0.208. The molecular formula is C14H15N5O3. The molecule has 2 atom stereocenters. The van der Waals surface area contributed by atoms with E-state index in [0.717, 1.165) is 0 Å². The van der Waals surface area contributed by atoms with E-state index in [2.05, 4.69) is 20.1 Å². The van der Waals surface area contributed by atoms with Crippen molar-refractivity contribution in [3.05, 3.63) is 36.0 Å². The number of rotatable bonds is 2. The molecule has 0 spiro atoms. The highest BCUT2D eigenvalue weighted by Crippen LogP contribution is 2.43. The first-order chi connectivity index (χ1) is 10.7. The average molecular weight is 301 g/mol. The lowest BCUT2D eigenvalue weighted by Crippen LogP contribution is -2.37. The first-order valence-electron chi connectivity index (χ1n) is 7.13. The van der Waals surface area contributed by atoms with Crippen molar-refractivity contribution in [1.29, 1.82) is 0 Å². The number of hydrogen-bond acceptors (Lipinski definition) is 7. The van der Waals surface area contributed by atoms with Crippen LogP contribution in [0.1, 0.15) is 22.2 Å². The molecule has 4 heterocycles. The molecule has 4 rings (SSSR count). The topological polar surface area (TPSA) is 94.2 Å². The smallest absolute Gasteiger partial charge is 0.274 e. The SMILES string of the molecule is Cc1noc([C@]23COC[C@H]2CN(C(=O)c2cnccn2)C3)n1. The highest BCUT2D eigenvalue weighted by atomic mass is 16.5. The van der Waals surface area contributed by atoms with Crippen molar-refractivity contribution in [2.45, 2.75) is 12.3 Å². The van der Waals surface area contributed by atoms with E-state index >= 15 is 0 Å². The second-order valence-electron chi connectivity index (χ2n) is 5.79. The molecule has 0 N–H and O–H groups in total. The Labute approximate surface area is 126 Å². The highest BCUT2D eigenvalue weighted by Gasteiger charge is 2.56. The molecule has 0 aliphatic carbocycles. The Bertz CT molecular complexity index is 704. The van der Waals surface area contributed by atoms with Crippen LogP contribution in [0.15, 0.2) is 23.1 Å². The molecule has 0 saturated carbocycles. The fraction of sp³-hybridized carbons (Fsp3) is 0.500. The number of ether oxygens (including phenoxy) is 1. The van der Waals surface area contributed by atoms with Gasteiger partial charge in [-0.2, -0.15) is 4.98 Å². The largest absolute Gasteiger partial charge is 0.380 e. The van der Waals surface area contributed by atoms with Crippen molar-refractivity contribution < 1.29 is 14.1 Å². The minimum Gasteiger partial charge on any atom is -0.380 e. The molecule has 8 nitrogen and oxygen atoms in total. The Morgan fingerprint density at radius 2 is 2.36 bits per heavy atom. The van der Waals surface area contributed by atoms with Crippen LogP contribution in [0, 0.1) is 12.8 Å². The summed E-state index contributed by atoms with van der Waals surface area (Å²) in [4.78, 5) is 26.7. The average Bonchev–Trinajstić information content (AvgIpc) is 3.20. The monoisotopic (exact) mass is 301 g/mol. The molecule has 0 aromatic carbocycles. The van der Waals surface area contributed by atoms with Gasteiger partial charge in [-0.05, 0) is 6.92 Å². The van der Waals surface area contributed by atoms with E-state index in [4.69, 9.17) is 9.26 Å². The molecule has 0 radical (unpaired) electrons. The van der Waals surface area contributed by atoms with Gasteiger partial charge in [0, 0.05) is 31.4 Å².